The Balaban J connectivity index is 1.26. The first-order valence-electron chi connectivity index (χ1n) is 11.7. The number of amides is 2. The molecule has 0 spiro atoms. The van der Waals surface area contributed by atoms with Crippen LogP contribution in [0.1, 0.15) is 67.4 Å². The molecular formula is C26H36N4O2. The monoisotopic (exact) mass is 436 g/mol. The second-order valence-corrected chi connectivity index (χ2v) is 8.79. The molecular weight excluding hydrogens is 400 g/mol. The Labute approximate surface area is 191 Å². The molecule has 3 unspecified atom stereocenters. The van der Waals surface area contributed by atoms with Crippen LogP contribution in [0, 0.1) is 0 Å². The lowest BCUT2D eigenvalue weighted by atomic mass is 9.99. The molecule has 2 aromatic carbocycles. The number of carbonyl (C=O) groups is 2. The molecule has 1 heterocycles. The van der Waals surface area contributed by atoms with Gasteiger partial charge >= 0.3 is 0 Å². The summed E-state index contributed by atoms with van der Waals surface area (Å²) in [5.41, 5.74) is 8.77. The van der Waals surface area contributed by atoms with Gasteiger partial charge in [-0.05, 0) is 43.9 Å². The molecule has 3 atom stereocenters. The third kappa shape index (κ3) is 7.46. The molecule has 0 aromatic heterocycles. The molecule has 1 aliphatic heterocycles. The molecule has 0 aliphatic carbocycles. The summed E-state index contributed by atoms with van der Waals surface area (Å²) in [5, 5.41) is 2.91. The van der Waals surface area contributed by atoms with Crippen molar-refractivity contribution in [2.75, 3.05) is 13.6 Å². The minimum atomic E-state index is -0.198. The van der Waals surface area contributed by atoms with Crippen LogP contribution in [0.2, 0.25) is 0 Å². The standard InChI is InChI=1S/C26H36N4O2/c1-20(27-26(32)22-14-8-4-9-15-22)18-25(31)30(2)17-11-5-10-16-23-19-24(29-28-23)21-12-6-3-7-13-21/h3-4,6-9,12-15,20,23-24,28-29H,5,10-11,16-19H2,1-2H3,(H,27,32). The van der Waals surface area contributed by atoms with Gasteiger partial charge in [0.05, 0.1) is 0 Å². The maximum atomic E-state index is 12.5. The van der Waals surface area contributed by atoms with E-state index >= 15 is 0 Å². The topological polar surface area (TPSA) is 73.5 Å². The largest absolute Gasteiger partial charge is 0.349 e. The van der Waals surface area contributed by atoms with Crippen molar-refractivity contribution >= 4 is 11.8 Å². The average Bonchev–Trinajstić information content (AvgIpc) is 3.28. The van der Waals surface area contributed by atoms with Crippen LogP contribution < -0.4 is 16.2 Å². The van der Waals surface area contributed by atoms with Gasteiger partial charge in [-0.2, -0.15) is 0 Å². The van der Waals surface area contributed by atoms with Crippen LogP contribution in [-0.4, -0.2) is 42.4 Å². The Hall–Kier alpha value is -2.70. The van der Waals surface area contributed by atoms with Gasteiger partial charge in [0, 0.05) is 43.7 Å². The first-order chi connectivity index (χ1) is 15.5. The van der Waals surface area contributed by atoms with E-state index in [0.29, 0.717) is 24.1 Å². The van der Waals surface area contributed by atoms with Gasteiger partial charge < -0.3 is 10.2 Å². The fourth-order valence-corrected chi connectivity index (χ4v) is 4.12. The number of hydrogen-bond acceptors (Lipinski definition) is 4. The van der Waals surface area contributed by atoms with E-state index < -0.39 is 0 Å². The van der Waals surface area contributed by atoms with E-state index in [1.807, 2.05) is 38.2 Å². The second-order valence-electron chi connectivity index (χ2n) is 8.79. The Morgan fingerprint density at radius 3 is 2.41 bits per heavy atom. The third-order valence-corrected chi connectivity index (χ3v) is 6.05. The van der Waals surface area contributed by atoms with E-state index in [-0.39, 0.29) is 17.9 Å². The summed E-state index contributed by atoms with van der Waals surface area (Å²) in [5.74, 6) is -0.0729. The van der Waals surface area contributed by atoms with Crippen molar-refractivity contribution in [2.24, 2.45) is 0 Å². The number of nitrogens with zero attached hydrogens (tertiary/aromatic N) is 1. The van der Waals surface area contributed by atoms with Gasteiger partial charge in [-0.15, -0.1) is 0 Å². The fourth-order valence-electron chi connectivity index (χ4n) is 4.12. The molecule has 1 aliphatic rings. The zero-order valence-corrected chi connectivity index (χ0v) is 19.2. The number of nitrogens with one attached hydrogen (secondary N) is 3. The van der Waals surface area contributed by atoms with E-state index in [0.717, 1.165) is 38.6 Å². The molecule has 0 radical (unpaired) electrons. The summed E-state index contributed by atoms with van der Waals surface area (Å²) in [6.07, 6.45) is 5.80. The smallest absolute Gasteiger partial charge is 0.251 e. The lowest BCUT2D eigenvalue weighted by Gasteiger charge is -2.20. The highest BCUT2D eigenvalue weighted by Gasteiger charge is 2.24. The summed E-state index contributed by atoms with van der Waals surface area (Å²) in [6.45, 7) is 2.62. The molecule has 6 nitrogen and oxygen atoms in total. The normalized spacial score (nSPS) is 18.8. The van der Waals surface area contributed by atoms with Gasteiger partial charge in [0.1, 0.15) is 0 Å². The molecule has 0 saturated carbocycles. The van der Waals surface area contributed by atoms with E-state index in [9.17, 15) is 9.59 Å². The van der Waals surface area contributed by atoms with Crippen LogP contribution in [0.3, 0.4) is 0 Å². The van der Waals surface area contributed by atoms with Crippen LogP contribution in [0.15, 0.2) is 60.7 Å². The van der Waals surface area contributed by atoms with Crippen molar-refractivity contribution in [3.05, 3.63) is 71.8 Å². The molecule has 32 heavy (non-hydrogen) atoms. The van der Waals surface area contributed by atoms with Crippen molar-refractivity contribution < 1.29 is 9.59 Å². The second kappa shape index (κ2) is 12.4. The summed E-state index contributed by atoms with van der Waals surface area (Å²) < 4.78 is 0. The summed E-state index contributed by atoms with van der Waals surface area (Å²) in [7, 11) is 1.85. The number of unbranched alkanes of at least 4 members (excludes halogenated alkanes) is 2. The molecule has 172 valence electrons. The van der Waals surface area contributed by atoms with E-state index in [1.165, 1.54) is 5.56 Å². The van der Waals surface area contributed by atoms with Gasteiger partial charge in [0.2, 0.25) is 5.91 Å². The van der Waals surface area contributed by atoms with Gasteiger partial charge in [-0.25, -0.2) is 0 Å². The Morgan fingerprint density at radius 1 is 1.00 bits per heavy atom. The quantitative estimate of drug-likeness (QED) is 0.468. The van der Waals surface area contributed by atoms with E-state index in [2.05, 4.69) is 40.4 Å². The van der Waals surface area contributed by atoms with Gasteiger partial charge in [-0.3, -0.25) is 20.4 Å². The van der Waals surface area contributed by atoms with Gasteiger partial charge in [0.25, 0.3) is 5.91 Å². The minimum absolute atomic E-state index is 0.0678. The average molecular weight is 437 g/mol. The zero-order chi connectivity index (χ0) is 22.8. The van der Waals surface area contributed by atoms with Crippen LogP contribution in [0.5, 0.6) is 0 Å². The lowest BCUT2D eigenvalue weighted by Crippen LogP contribution is -2.38. The Kier molecular flexibility index (Phi) is 9.26. The highest BCUT2D eigenvalue weighted by Crippen LogP contribution is 2.24. The molecule has 6 heteroatoms. The summed E-state index contributed by atoms with van der Waals surface area (Å²) in [4.78, 5) is 26.5. The first kappa shape index (κ1) is 24.0. The lowest BCUT2D eigenvalue weighted by molar-refractivity contribution is -0.130. The van der Waals surface area contributed by atoms with Gasteiger partial charge in [0.15, 0.2) is 0 Å². The van der Waals surface area contributed by atoms with Crippen LogP contribution in [0.4, 0.5) is 0 Å². The number of rotatable bonds is 11. The van der Waals surface area contributed by atoms with Crippen LogP contribution in [-0.2, 0) is 4.79 Å². The Morgan fingerprint density at radius 2 is 1.69 bits per heavy atom. The van der Waals surface area contributed by atoms with Crippen molar-refractivity contribution in [1.82, 2.24) is 21.1 Å². The van der Waals surface area contributed by atoms with Crippen molar-refractivity contribution in [1.29, 1.82) is 0 Å². The van der Waals surface area contributed by atoms with E-state index in [4.69, 9.17) is 0 Å². The molecule has 1 fully saturated rings. The molecule has 3 N–H and O–H groups in total. The number of benzene rings is 2. The number of hydrogen-bond donors (Lipinski definition) is 3. The van der Waals surface area contributed by atoms with E-state index in [1.54, 1.807) is 17.0 Å². The predicted octanol–water partition coefficient (Wildman–Crippen LogP) is 3.82. The maximum Gasteiger partial charge on any atom is 0.251 e. The third-order valence-electron chi connectivity index (χ3n) is 6.05. The highest BCUT2D eigenvalue weighted by molar-refractivity contribution is 5.94. The zero-order valence-electron chi connectivity index (χ0n) is 19.2. The molecule has 3 rings (SSSR count). The molecule has 1 saturated heterocycles. The van der Waals surface area contributed by atoms with Crippen molar-refractivity contribution in [2.45, 2.75) is 63.6 Å². The highest BCUT2D eigenvalue weighted by atomic mass is 16.2. The SMILES string of the molecule is CC(CC(=O)N(C)CCCCCC1CC(c2ccccc2)NN1)NC(=O)c1ccccc1. The maximum absolute atomic E-state index is 12.5. The predicted molar refractivity (Wildman–Crippen MR) is 128 cm³/mol. The molecule has 0 bridgehead atoms. The Bertz CT molecular complexity index is 843. The minimum Gasteiger partial charge on any atom is -0.349 e. The van der Waals surface area contributed by atoms with Crippen LogP contribution >= 0.6 is 0 Å². The fraction of sp³-hybridized carbons (Fsp3) is 0.462. The van der Waals surface area contributed by atoms with Crippen LogP contribution in [0.25, 0.3) is 0 Å². The first-order valence-corrected chi connectivity index (χ1v) is 11.7. The van der Waals surface area contributed by atoms with Gasteiger partial charge in [-0.1, -0.05) is 61.4 Å². The molecule has 2 amide bonds. The van der Waals surface area contributed by atoms with Crippen molar-refractivity contribution in [3.8, 4) is 0 Å². The summed E-state index contributed by atoms with van der Waals surface area (Å²) >= 11 is 0. The summed E-state index contributed by atoms with van der Waals surface area (Å²) in [6, 6.07) is 20.3. The number of hydrazine groups is 1. The molecule has 2 aromatic rings. The number of carbonyl (C=O) groups excluding carboxylic acids is 2. The van der Waals surface area contributed by atoms with Crippen molar-refractivity contribution in [3.63, 3.8) is 0 Å².